The van der Waals surface area contributed by atoms with Crippen molar-refractivity contribution in [1.82, 2.24) is 15.0 Å². The van der Waals surface area contributed by atoms with Gasteiger partial charge < -0.3 is 9.97 Å². The van der Waals surface area contributed by atoms with E-state index in [1.54, 1.807) is 17.5 Å². The van der Waals surface area contributed by atoms with Crippen molar-refractivity contribution in [3.63, 3.8) is 0 Å². The van der Waals surface area contributed by atoms with Crippen LogP contribution in [0.15, 0.2) is 79.2 Å². The smallest absolute Gasteiger partial charge is 0.0696 e. The summed E-state index contributed by atoms with van der Waals surface area (Å²) in [6, 6.07) is 23.0. The molecule has 7 rings (SSSR count). The van der Waals surface area contributed by atoms with Crippen molar-refractivity contribution < 1.29 is 24.2 Å². The summed E-state index contributed by atoms with van der Waals surface area (Å²) in [5.74, 6) is -0.236. The van der Waals surface area contributed by atoms with Crippen molar-refractivity contribution in [2.24, 2.45) is 0 Å². The molecule has 1 saturated carbocycles. The van der Waals surface area contributed by atoms with Gasteiger partial charge in [-0.05, 0) is 70.9 Å². The SMILES string of the molecule is Cc1c[c-]c(-c2cc(C(C)C)ccn2)cc1.[2H]c1c(C2([2H])CCCC2)cnc(-c2[c-]ccc3c2sc2cc(C)cnc23)c1[2H].[Ir]. The van der Waals surface area contributed by atoms with Gasteiger partial charge in [-0.25, -0.2) is 0 Å². The molecule has 1 radical (unpaired) electrons. The molecule has 0 atom stereocenters. The van der Waals surface area contributed by atoms with E-state index in [0.29, 0.717) is 17.2 Å². The molecule has 0 aliphatic heterocycles. The first-order valence-electron chi connectivity index (χ1n) is 15.8. The average Bonchev–Trinajstić information content (AvgIpc) is 3.63. The van der Waals surface area contributed by atoms with Gasteiger partial charge in [0.1, 0.15) is 0 Å². The predicted molar refractivity (Wildman–Crippen MR) is 172 cm³/mol. The number of aromatic nitrogens is 3. The molecule has 4 aromatic heterocycles. The Kier molecular flexibility index (Phi) is 8.41. The predicted octanol–water partition coefficient (Wildman–Crippen LogP) is 10.3. The third-order valence-electron chi connectivity index (χ3n) is 7.56. The minimum atomic E-state index is -0.771. The largest absolute Gasteiger partial charge is 0.305 e. The van der Waals surface area contributed by atoms with Crippen LogP contribution in [0, 0.1) is 26.0 Å². The Morgan fingerprint density at radius 3 is 2.52 bits per heavy atom. The van der Waals surface area contributed by atoms with Crippen molar-refractivity contribution in [3.8, 4) is 22.5 Å². The zero-order valence-corrected chi connectivity index (χ0v) is 27.6. The second-order valence-electron chi connectivity index (χ2n) is 11.0. The molecule has 3 nitrogen and oxygen atoms in total. The first-order chi connectivity index (χ1) is 21.1. The van der Waals surface area contributed by atoms with Crippen LogP contribution in [0.2, 0.25) is 0 Å². The number of hydrogen-bond donors (Lipinski definition) is 0. The number of fused-ring (bicyclic) bond motifs is 3. The Balaban J connectivity index is 0.000000202. The van der Waals surface area contributed by atoms with Crippen LogP contribution in [0.1, 0.15) is 77.7 Å². The zero-order chi connectivity index (χ0) is 31.0. The second-order valence-corrected chi connectivity index (χ2v) is 12.1. The van der Waals surface area contributed by atoms with E-state index in [-0.39, 0.29) is 32.2 Å². The zero-order valence-electron chi connectivity index (χ0n) is 27.3. The average molecular weight is 749 g/mol. The van der Waals surface area contributed by atoms with Crippen LogP contribution in [0.5, 0.6) is 0 Å². The first kappa shape index (κ1) is 26.4. The minimum Gasteiger partial charge on any atom is -0.305 e. The molecular formula is C37H35IrN3S-2. The molecule has 215 valence electrons. The topological polar surface area (TPSA) is 38.7 Å². The van der Waals surface area contributed by atoms with Crippen LogP contribution < -0.4 is 0 Å². The Labute approximate surface area is 271 Å². The number of rotatable bonds is 4. The molecule has 1 aliphatic carbocycles. The summed E-state index contributed by atoms with van der Waals surface area (Å²) in [5.41, 5.74) is 8.46. The molecule has 6 aromatic rings. The molecule has 2 aromatic carbocycles. The van der Waals surface area contributed by atoms with Gasteiger partial charge in [0.15, 0.2) is 0 Å². The molecule has 0 N–H and O–H groups in total. The molecule has 1 aliphatic rings. The number of aryl methyl sites for hydroxylation is 2. The summed E-state index contributed by atoms with van der Waals surface area (Å²) in [7, 11) is 0. The summed E-state index contributed by atoms with van der Waals surface area (Å²) in [6.45, 7) is 8.48. The standard InChI is InChI=1S/C22H19N2S.C15H16N.Ir/c1-14-11-20-21(24-12-14)18-8-4-7-17(22(18)25-20)19-10-9-16(13-23-19)15-5-2-3-6-15;1-11(2)14-8-9-16-15(10-14)13-6-4-12(3)5-7-13;/h4,8-13,15H,2-3,5-6H2,1H3;4-6,8-11H,1-3H3;/q2*-1;/i9D,10D,15D;;. The monoisotopic (exact) mass is 749 g/mol. The maximum absolute atomic E-state index is 8.70. The summed E-state index contributed by atoms with van der Waals surface area (Å²) >= 11 is 1.63. The quantitative estimate of drug-likeness (QED) is 0.169. The van der Waals surface area contributed by atoms with Crippen molar-refractivity contribution in [1.29, 1.82) is 0 Å². The second kappa shape index (κ2) is 13.4. The number of benzene rings is 2. The van der Waals surface area contributed by atoms with Crippen molar-refractivity contribution in [2.75, 3.05) is 0 Å². The molecule has 5 heteroatoms. The van der Waals surface area contributed by atoms with Gasteiger partial charge in [0, 0.05) is 44.8 Å². The van der Waals surface area contributed by atoms with Gasteiger partial charge in [0.05, 0.1) is 8.26 Å². The minimum absolute atomic E-state index is 0. The number of thiophene rings is 1. The third kappa shape index (κ3) is 6.54. The molecule has 0 amide bonds. The van der Waals surface area contributed by atoms with E-state index in [2.05, 4.69) is 78.2 Å². The molecule has 4 heterocycles. The molecular weight excluding hydrogens is 711 g/mol. The Morgan fingerprint density at radius 2 is 1.76 bits per heavy atom. The molecule has 0 spiro atoms. The van der Waals surface area contributed by atoms with Crippen LogP contribution in [-0.4, -0.2) is 15.0 Å². The van der Waals surface area contributed by atoms with Crippen LogP contribution >= 0.6 is 11.3 Å². The van der Waals surface area contributed by atoms with E-state index >= 15 is 0 Å². The van der Waals surface area contributed by atoms with Crippen LogP contribution in [-0.2, 0) is 20.1 Å². The van der Waals surface area contributed by atoms with E-state index in [1.165, 1.54) is 11.1 Å². The molecule has 0 saturated heterocycles. The van der Waals surface area contributed by atoms with Gasteiger partial charge in [-0.1, -0.05) is 62.7 Å². The Morgan fingerprint density at radius 1 is 0.929 bits per heavy atom. The summed E-state index contributed by atoms with van der Waals surface area (Å²) in [4.78, 5) is 13.5. The maximum atomic E-state index is 8.70. The fourth-order valence-electron chi connectivity index (χ4n) is 5.20. The van der Waals surface area contributed by atoms with E-state index in [4.69, 9.17) is 4.11 Å². The summed E-state index contributed by atoms with van der Waals surface area (Å²) in [5, 5.41) is 1.03. The third-order valence-corrected chi connectivity index (χ3v) is 8.72. The van der Waals surface area contributed by atoms with Gasteiger partial charge in [0.2, 0.25) is 0 Å². The molecule has 1 fully saturated rings. The maximum Gasteiger partial charge on any atom is 0.0696 e. The van der Waals surface area contributed by atoms with Crippen LogP contribution in [0.3, 0.4) is 0 Å². The van der Waals surface area contributed by atoms with Gasteiger partial charge >= 0.3 is 0 Å². The van der Waals surface area contributed by atoms with Crippen molar-refractivity contribution in [3.05, 3.63) is 114 Å². The normalized spacial score (nSPS) is 15.0. The molecule has 42 heavy (non-hydrogen) atoms. The van der Waals surface area contributed by atoms with Crippen molar-refractivity contribution in [2.45, 2.75) is 65.2 Å². The molecule has 0 unspecified atom stereocenters. The number of pyridine rings is 3. The van der Waals surface area contributed by atoms with Gasteiger partial charge in [-0.3, -0.25) is 4.98 Å². The van der Waals surface area contributed by atoms with E-state index < -0.39 is 5.89 Å². The summed E-state index contributed by atoms with van der Waals surface area (Å²) < 4.78 is 27.9. The Bertz CT molecular complexity index is 1960. The fraction of sp³-hybridized carbons (Fsp3) is 0.270. The number of hydrogen-bond acceptors (Lipinski definition) is 4. The van der Waals surface area contributed by atoms with Crippen LogP contribution in [0.4, 0.5) is 0 Å². The molecule has 0 bridgehead atoms. The van der Waals surface area contributed by atoms with Crippen molar-refractivity contribution >= 4 is 31.6 Å². The fourth-order valence-corrected chi connectivity index (χ4v) is 6.45. The number of nitrogens with zero attached hydrogens (tertiary/aromatic N) is 3. The summed E-state index contributed by atoms with van der Waals surface area (Å²) in [6.07, 6.45) is 8.86. The van der Waals surface area contributed by atoms with Gasteiger partial charge in [0.25, 0.3) is 0 Å². The van der Waals surface area contributed by atoms with E-state index in [0.717, 1.165) is 68.4 Å². The van der Waals surface area contributed by atoms with E-state index in [1.807, 2.05) is 37.5 Å². The van der Waals surface area contributed by atoms with Gasteiger partial charge in [-0.15, -0.1) is 59.2 Å². The van der Waals surface area contributed by atoms with E-state index in [9.17, 15) is 0 Å². The Hall–Kier alpha value is -3.24. The van der Waals surface area contributed by atoms with Gasteiger partial charge in [-0.2, -0.15) is 11.3 Å². The van der Waals surface area contributed by atoms with Crippen LogP contribution in [0.25, 0.3) is 42.8 Å². The first-order valence-corrected chi connectivity index (χ1v) is 15.1.